The average Bonchev–Trinajstić information content (AvgIpc) is 3.24. The molecule has 1 saturated carbocycles. The molecule has 0 spiro atoms. The molecule has 0 aliphatic heterocycles. The average molecular weight is 278 g/mol. The van der Waals surface area contributed by atoms with Crippen molar-refractivity contribution < 1.29 is 14.3 Å². The number of nitrogens with two attached hydrogens (primary N) is 1. The quantitative estimate of drug-likeness (QED) is 0.836. The molecule has 0 bridgehead atoms. The number of carbonyl (C=O) groups excluding carboxylic acids is 1. The van der Waals surface area contributed by atoms with Crippen LogP contribution < -0.4 is 20.5 Å². The molecule has 5 heteroatoms. The summed E-state index contributed by atoms with van der Waals surface area (Å²) in [6.45, 7) is 4.21. The Bertz CT molecular complexity index is 496. The third-order valence-electron chi connectivity index (χ3n) is 3.64. The van der Waals surface area contributed by atoms with Gasteiger partial charge in [0.05, 0.1) is 19.3 Å². The molecular formula is C15H22N2O3. The van der Waals surface area contributed by atoms with Crippen molar-refractivity contribution in [1.29, 1.82) is 0 Å². The zero-order valence-corrected chi connectivity index (χ0v) is 12.2. The maximum Gasteiger partial charge on any atom is 0.244 e. The second-order valence-electron chi connectivity index (χ2n) is 5.31. The van der Waals surface area contributed by atoms with Crippen LogP contribution in [0.3, 0.4) is 0 Å². The summed E-state index contributed by atoms with van der Waals surface area (Å²) < 4.78 is 10.7. The van der Waals surface area contributed by atoms with Crippen LogP contribution in [0.4, 0.5) is 5.69 Å². The number of ether oxygens (including phenoxy) is 2. The van der Waals surface area contributed by atoms with E-state index < -0.39 is 5.54 Å². The van der Waals surface area contributed by atoms with Gasteiger partial charge in [-0.05, 0) is 44.7 Å². The number of anilines is 1. The van der Waals surface area contributed by atoms with Crippen LogP contribution in [0.2, 0.25) is 0 Å². The maximum atomic E-state index is 12.2. The third-order valence-corrected chi connectivity index (χ3v) is 3.64. The fraction of sp³-hybridized carbons (Fsp3) is 0.533. The van der Waals surface area contributed by atoms with Crippen LogP contribution in [-0.4, -0.2) is 25.2 Å². The zero-order chi connectivity index (χ0) is 14.8. The van der Waals surface area contributed by atoms with E-state index >= 15 is 0 Å². The van der Waals surface area contributed by atoms with Crippen molar-refractivity contribution in [3.05, 3.63) is 18.2 Å². The van der Waals surface area contributed by atoms with Crippen LogP contribution in [0.15, 0.2) is 18.2 Å². The second kappa shape index (κ2) is 5.71. The smallest absolute Gasteiger partial charge is 0.244 e. The topological polar surface area (TPSA) is 73.6 Å². The number of hydrogen-bond donors (Lipinski definition) is 2. The maximum absolute atomic E-state index is 12.2. The molecule has 1 aromatic rings. The summed E-state index contributed by atoms with van der Waals surface area (Å²) >= 11 is 0. The molecule has 3 N–H and O–H groups in total. The molecule has 1 aromatic carbocycles. The highest BCUT2D eigenvalue weighted by atomic mass is 16.5. The summed E-state index contributed by atoms with van der Waals surface area (Å²) in [5.74, 6) is 1.38. The molecule has 0 radical (unpaired) electrons. The summed E-state index contributed by atoms with van der Waals surface area (Å²) in [4.78, 5) is 12.2. The Kier molecular flexibility index (Phi) is 4.18. The van der Waals surface area contributed by atoms with E-state index in [1.165, 1.54) is 0 Å². The number of nitrogens with one attached hydrogen (secondary N) is 1. The highest BCUT2D eigenvalue weighted by Gasteiger charge is 2.44. The molecule has 1 atom stereocenters. The zero-order valence-electron chi connectivity index (χ0n) is 12.2. The van der Waals surface area contributed by atoms with Crippen molar-refractivity contribution in [1.82, 2.24) is 0 Å². The molecule has 0 saturated heterocycles. The Labute approximate surface area is 119 Å². The van der Waals surface area contributed by atoms with Crippen molar-refractivity contribution in [2.24, 2.45) is 11.7 Å². The molecule has 1 aliphatic carbocycles. The van der Waals surface area contributed by atoms with E-state index in [9.17, 15) is 4.79 Å². The van der Waals surface area contributed by atoms with Gasteiger partial charge < -0.3 is 20.5 Å². The molecular weight excluding hydrogens is 256 g/mol. The standard InChI is InChI=1S/C15H22N2O3/c1-4-20-13-9-11(7-8-12(13)19-3)17-14(18)15(2,16)10-5-6-10/h7-10H,4-6,16H2,1-3H3,(H,17,18). The number of amides is 1. The van der Waals surface area contributed by atoms with E-state index in [1.54, 1.807) is 32.2 Å². The molecule has 5 nitrogen and oxygen atoms in total. The molecule has 110 valence electrons. The lowest BCUT2D eigenvalue weighted by atomic mass is 9.96. The number of carbonyl (C=O) groups is 1. The summed E-state index contributed by atoms with van der Waals surface area (Å²) in [5.41, 5.74) is 5.95. The van der Waals surface area contributed by atoms with Gasteiger partial charge >= 0.3 is 0 Å². The first-order valence-corrected chi connectivity index (χ1v) is 6.90. The van der Waals surface area contributed by atoms with Gasteiger partial charge in [-0.3, -0.25) is 4.79 Å². The van der Waals surface area contributed by atoms with Crippen molar-refractivity contribution in [2.75, 3.05) is 19.0 Å². The largest absolute Gasteiger partial charge is 0.493 e. The van der Waals surface area contributed by atoms with Gasteiger partial charge in [0, 0.05) is 11.8 Å². The Morgan fingerprint density at radius 3 is 2.70 bits per heavy atom. The van der Waals surface area contributed by atoms with Crippen molar-refractivity contribution in [2.45, 2.75) is 32.2 Å². The molecule has 1 amide bonds. The minimum absolute atomic E-state index is 0.160. The van der Waals surface area contributed by atoms with Crippen molar-refractivity contribution in [3.8, 4) is 11.5 Å². The van der Waals surface area contributed by atoms with Crippen molar-refractivity contribution >= 4 is 11.6 Å². The lowest BCUT2D eigenvalue weighted by Gasteiger charge is -2.23. The Morgan fingerprint density at radius 2 is 2.15 bits per heavy atom. The first-order chi connectivity index (χ1) is 9.48. The number of hydrogen-bond acceptors (Lipinski definition) is 4. The summed E-state index contributed by atoms with van der Waals surface area (Å²) in [7, 11) is 1.58. The van der Waals surface area contributed by atoms with Gasteiger partial charge in [0.2, 0.25) is 5.91 Å². The van der Waals surface area contributed by atoms with Crippen LogP contribution in [-0.2, 0) is 4.79 Å². The van der Waals surface area contributed by atoms with Crippen molar-refractivity contribution in [3.63, 3.8) is 0 Å². The van der Waals surface area contributed by atoms with E-state index in [1.807, 2.05) is 6.92 Å². The van der Waals surface area contributed by atoms with Gasteiger partial charge in [0.25, 0.3) is 0 Å². The lowest BCUT2D eigenvalue weighted by Crippen LogP contribution is -2.50. The first-order valence-electron chi connectivity index (χ1n) is 6.90. The van der Waals surface area contributed by atoms with Gasteiger partial charge in [-0.2, -0.15) is 0 Å². The number of benzene rings is 1. The fourth-order valence-corrected chi connectivity index (χ4v) is 2.16. The molecule has 0 aromatic heterocycles. The van der Waals surface area contributed by atoms with Crippen LogP contribution in [0.25, 0.3) is 0 Å². The van der Waals surface area contributed by atoms with Crippen LogP contribution in [0.1, 0.15) is 26.7 Å². The van der Waals surface area contributed by atoms with Gasteiger partial charge in [-0.15, -0.1) is 0 Å². The van der Waals surface area contributed by atoms with E-state index in [-0.39, 0.29) is 11.8 Å². The van der Waals surface area contributed by atoms with Gasteiger partial charge in [0.15, 0.2) is 11.5 Å². The SMILES string of the molecule is CCOc1cc(NC(=O)C(C)(N)C2CC2)ccc1OC. The van der Waals surface area contributed by atoms with Crippen LogP contribution in [0.5, 0.6) is 11.5 Å². The molecule has 1 unspecified atom stereocenters. The Hall–Kier alpha value is -1.75. The highest BCUT2D eigenvalue weighted by molar-refractivity contribution is 5.98. The predicted octanol–water partition coefficient (Wildman–Crippen LogP) is 2.16. The lowest BCUT2D eigenvalue weighted by molar-refractivity contribution is -0.121. The van der Waals surface area contributed by atoms with E-state index in [4.69, 9.17) is 15.2 Å². The summed E-state index contributed by atoms with van der Waals surface area (Å²) in [6.07, 6.45) is 2.04. The summed E-state index contributed by atoms with van der Waals surface area (Å²) in [6, 6.07) is 5.30. The van der Waals surface area contributed by atoms with Crippen LogP contribution >= 0.6 is 0 Å². The molecule has 1 fully saturated rings. The van der Waals surface area contributed by atoms with Gasteiger partial charge in [0.1, 0.15) is 0 Å². The minimum atomic E-state index is -0.814. The second-order valence-corrected chi connectivity index (χ2v) is 5.31. The Balaban J connectivity index is 2.12. The molecule has 2 rings (SSSR count). The van der Waals surface area contributed by atoms with E-state index in [0.717, 1.165) is 12.8 Å². The molecule has 20 heavy (non-hydrogen) atoms. The monoisotopic (exact) mass is 278 g/mol. The number of rotatable bonds is 6. The Morgan fingerprint density at radius 1 is 1.45 bits per heavy atom. The number of methoxy groups -OCH3 is 1. The molecule has 0 heterocycles. The van der Waals surface area contributed by atoms with E-state index in [0.29, 0.717) is 23.8 Å². The summed E-state index contributed by atoms with van der Waals surface area (Å²) in [5, 5.41) is 2.85. The van der Waals surface area contributed by atoms with Crippen LogP contribution in [0, 0.1) is 5.92 Å². The highest BCUT2D eigenvalue weighted by Crippen LogP contribution is 2.39. The van der Waals surface area contributed by atoms with Gasteiger partial charge in [-0.1, -0.05) is 0 Å². The normalized spacial score (nSPS) is 17.2. The van der Waals surface area contributed by atoms with Gasteiger partial charge in [-0.25, -0.2) is 0 Å². The third kappa shape index (κ3) is 3.04. The minimum Gasteiger partial charge on any atom is -0.493 e. The predicted molar refractivity (Wildman–Crippen MR) is 78.1 cm³/mol. The first kappa shape index (κ1) is 14.7. The van der Waals surface area contributed by atoms with E-state index in [2.05, 4.69) is 5.32 Å². The molecule has 1 aliphatic rings. The fourth-order valence-electron chi connectivity index (χ4n) is 2.16.